The van der Waals surface area contributed by atoms with Crippen LogP contribution >= 0.6 is 0 Å². The summed E-state index contributed by atoms with van der Waals surface area (Å²) in [5.74, 6) is -1.77. The molecule has 1 aromatic carbocycles. The highest BCUT2D eigenvalue weighted by atomic mass is 16.5. The molecule has 2 atom stereocenters. The predicted molar refractivity (Wildman–Crippen MR) is 80.1 cm³/mol. The van der Waals surface area contributed by atoms with Gasteiger partial charge in [0.25, 0.3) is 0 Å². The molecule has 0 spiro atoms. The van der Waals surface area contributed by atoms with Crippen molar-refractivity contribution >= 4 is 19.1 Å². The van der Waals surface area contributed by atoms with E-state index in [1.54, 1.807) is 11.6 Å². The summed E-state index contributed by atoms with van der Waals surface area (Å²) in [6.45, 7) is 2.15. The number of alkyl carbamates (subject to hydrolysis) is 1. The van der Waals surface area contributed by atoms with Crippen molar-refractivity contribution in [3.63, 3.8) is 0 Å². The van der Waals surface area contributed by atoms with Crippen molar-refractivity contribution in [2.75, 3.05) is 13.1 Å². The van der Waals surface area contributed by atoms with Gasteiger partial charge in [0, 0.05) is 13.1 Å². The van der Waals surface area contributed by atoms with E-state index in [0.717, 1.165) is 5.56 Å². The van der Waals surface area contributed by atoms with E-state index in [9.17, 15) is 19.7 Å². The van der Waals surface area contributed by atoms with E-state index < -0.39 is 31.1 Å². The largest absolute Gasteiger partial charge is 0.481 e. The minimum Gasteiger partial charge on any atom is -0.481 e. The molecule has 3 N–H and O–H groups in total. The zero-order valence-corrected chi connectivity index (χ0v) is 12.3. The average Bonchev–Trinajstić information content (AvgIpc) is 2.90. The van der Waals surface area contributed by atoms with E-state index in [1.807, 2.05) is 30.3 Å². The summed E-state index contributed by atoms with van der Waals surface area (Å²) in [7, 11) is -0.756. The number of hydrogen-bond acceptors (Lipinski definition) is 5. The van der Waals surface area contributed by atoms with E-state index in [2.05, 4.69) is 5.32 Å². The first-order chi connectivity index (χ1) is 10.5. The fourth-order valence-corrected chi connectivity index (χ4v) is 2.45. The summed E-state index contributed by atoms with van der Waals surface area (Å²) >= 11 is 0. The number of carbonyl (C=O) groups is 2. The Morgan fingerprint density at radius 3 is 2.64 bits per heavy atom. The van der Waals surface area contributed by atoms with Crippen LogP contribution in [0.2, 0.25) is 6.82 Å². The maximum absolute atomic E-state index is 11.8. The standard InChI is InChI=1S/C14H19BN2O5/c1-15(21)17-7-11(13(18)19)12(8-17)16-14(20)22-9-10-5-3-2-4-6-10/h2-6,11-12,21H,7-9H2,1H3,(H,16,20)(H,18,19). The Bertz CT molecular complexity index is 525. The molecule has 1 aliphatic rings. The number of rotatable bonds is 5. The summed E-state index contributed by atoms with van der Waals surface area (Å²) in [5.41, 5.74) is 0.851. The fraction of sp³-hybridized carbons (Fsp3) is 0.429. The maximum Gasteiger partial charge on any atom is 0.407 e. The van der Waals surface area contributed by atoms with E-state index in [1.165, 1.54) is 0 Å². The molecule has 0 bridgehead atoms. The lowest BCUT2D eigenvalue weighted by Gasteiger charge is -2.17. The number of carboxylic acids is 1. The Kier molecular flexibility index (Phi) is 5.40. The van der Waals surface area contributed by atoms with Crippen molar-refractivity contribution in [3.05, 3.63) is 35.9 Å². The molecule has 1 amide bonds. The Labute approximate surface area is 129 Å². The molecule has 118 valence electrons. The lowest BCUT2D eigenvalue weighted by molar-refractivity contribution is -0.141. The highest BCUT2D eigenvalue weighted by Gasteiger charge is 2.40. The van der Waals surface area contributed by atoms with Gasteiger partial charge in [-0.05, 0) is 12.4 Å². The molecule has 0 saturated carbocycles. The van der Waals surface area contributed by atoms with Crippen LogP contribution in [0.3, 0.4) is 0 Å². The first-order valence-electron chi connectivity index (χ1n) is 7.09. The molecule has 1 fully saturated rings. The molecule has 2 unspecified atom stereocenters. The number of hydrogen-bond donors (Lipinski definition) is 3. The number of carbonyl (C=O) groups excluding carboxylic acids is 1. The van der Waals surface area contributed by atoms with Crippen LogP contribution in [0.4, 0.5) is 4.79 Å². The summed E-state index contributed by atoms with van der Waals surface area (Å²) in [5, 5.41) is 21.3. The van der Waals surface area contributed by atoms with Crippen molar-refractivity contribution < 1.29 is 24.5 Å². The van der Waals surface area contributed by atoms with Crippen LogP contribution in [0.1, 0.15) is 5.56 Å². The second kappa shape index (κ2) is 7.28. The minimum absolute atomic E-state index is 0.122. The number of benzene rings is 1. The summed E-state index contributed by atoms with van der Waals surface area (Å²) in [4.78, 5) is 24.6. The lowest BCUT2D eigenvalue weighted by atomic mass is 9.86. The van der Waals surface area contributed by atoms with Crippen molar-refractivity contribution in [2.45, 2.75) is 19.5 Å². The predicted octanol–water partition coefficient (Wildman–Crippen LogP) is 0.408. The molecule has 0 aromatic heterocycles. The smallest absolute Gasteiger partial charge is 0.407 e. The Hall–Kier alpha value is -2.06. The maximum atomic E-state index is 11.8. The molecule has 0 radical (unpaired) electrons. The normalized spacial score (nSPS) is 21.4. The van der Waals surface area contributed by atoms with Crippen LogP contribution in [0.5, 0.6) is 0 Å². The van der Waals surface area contributed by atoms with E-state index in [4.69, 9.17) is 4.74 Å². The first-order valence-corrected chi connectivity index (χ1v) is 7.09. The SMILES string of the molecule is CB(O)N1CC(NC(=O)OCc2ccccc2)C(C(=O)O)C1. The third kappa shape index (κ3) is 4.22. The van der Waals surface area contributed by atoms with Gasteiger partial charge in [0.15, 0.2) is 0 Å². The molecule has 2 rings (SSSR count). The molecule has 8 heteroatoms. The zero-order chi connectivity index (χ0) is 16.1. The highest BCUT2D eigenvalue weighted by molar-refractivity contribution is 6.45. The van der Waals surface area contributed by atoms with Crippen molar-refractivity contribution in [3.8, 4) is 0 Å². The Balaban J connectivity index is 1.88. The van der Waals surface area contributed by atoms with Crippen LogP contribution in [-0.2, 0) is 16.1 Å². The average molecular weight is 306 g/mol. The van der Waals surface area contributed by atoms with Gasteiger partial charge in [-0.1, -0.05) is 30.3 Å². The van der Waals surface area contributed by atoms with Gasteiger partial charge >= 0.3 is 19.1 Å². The van der Waals surface area contributed by atoms with E-state index in [-0.39, 0.29) is 19.7 Å². The van der Waals surface area contributed by atoms with Gasteiger partial charge in [0.2, 0.25) is 0 Å². The number of ether oxygens (including phenoxy) is 1. The lowest BCUT2D eigenvalue weighted by Crippen LogP contribution is -2.43. The van der Waals surface area contributed by atoms with Crippen LogP contribution in [-0.4, -0.2) is 53.2 Å². The number of carboxylic acid groups (broad SMARTS) is 1. The quantitative estimate of drug-likeness (QED) is 0.681. The molecular weight excluding hydrogens is 287 g/mol. The van der Waals surface area contributed by atoms with Crippen molar-refractivity contribution in [2.24, 2.45) is 5.92 Å². The molecule has 0 aliphatic carbocycles. The number of aliphatic carboxylic acids is 1. The second-order valence-corrected chi connectivity index (χ2v) is 5.34. The monoisotopic (exact) mass is 306 g/mol. The van der Waals surface area contributed by atoms with E-state index in [0.29, 0.717) is 0 Å². The fourth-order valence-electron chi connectivity index (χ4n) is 2.45. The summed E-state index contributed by atoms with van der Waals surface area (Å²) in [6.07, 6.45) is -0.660. The van der Waals surface area contributed by atoms with Gasteiger partial charge in [-0.25, -0.2) is 4.79 Å². The highest BCUT2D eigenvalue weighted by Crippen LogP contribution is 2.18. The van der Waals surface area contributed by atoms with Gasteiger partial charge in [-0.15, -0.1) is 0 Å². The van der Waals surface area contributed by atoms with Crippen LogP contribution in [0, 0.1) is 5.92 Å². The van der Waals surface area contributed by atoms with Crippen molar-refractivity contribution in [1.82, 2.24) is 10.1 Å². The molecule has 1 saturated heterocycles. The van der Waals surface area contributed by atoms with Gasteiger partial charge in [0.1, 0.15) is 6.61 Å². The summed E-state index contributed by atoms with van der Waals surface area (Å²) in [6, 6.07) is 8.62. The van der Waals surface area contributed by atoms with Crippen molar-refractivity contribution in [1.29, 1.82) is 0 Å². The Morgan fingerprint density at radius 2 is 2.05 bits per heavy atom. The molecule has 1 heterocycles. The number of nitrogens with one attached hydrogen (secondary N) is 1. The molecule has 7 nitrogen and oxygen atoms in total. The number of nitrogens with zero attached hydrogens (tertiary/aromatic N) is 1. The topological polar surface area (TPSA) is 99.1 Å². The van der Waals surface area contributed by atoms with Gasteiger partial charge in [-0.3, -0.25) is 4.79 Å². The van der Waals surface area contributed by atoms with Crippen LogP contribution in [0.15, 0.2) is 30.3 Å². The van der Waals surface area contributed by atoms with E-state index >= 15 is 0 Å². The second-order valence-electron chi connectivity index (χ2n) is 5.34. The third-order valence-corrected chi connectivity index (χ3v) is 3.71. The zero-order valence-electron chi connectivity index (χ0n) is 12.3. The summed E-state index contributed by atoms with van der Waals surface area (Å²) < 4.78 is 5.09. The van der Waals surface area contributed by atoms with Crippen LogP contribution in [0.25, 0.3) is 0 Å². The van der Waals surface area contributed by atoms with Crippen LogP contribution < -0.4 is 5.32 Å². The first kappa shape index (κ1) is 16.3. The number of amides is 1. The molecule has 22 heavy (non-hydrogen) atoms. The van der Waals surface area contributed by atoms with Gasteiger partial charge in [-0.2, -0.15) is 0 Å². The van der Waals surface area contributed by atoms with Gasteiger partial charge < -0.3 is 25.0 Å². The third-order valence-electron chi connectivity index (χ3n) is 3.71. The Morgan fingerprint density at radius 1 is 1.36 bits per heavy atom. The molecule has 1 aromatic rings. The molecular formula is C14H19BN2O5. The minimum atomic E-state index is -1.00. The molecule has 1 aliphatic heterocycles. The van der Waals surface area contributed by atoms with Gasteiger partial charge in [0.05, 0.1) is 12.0 Å².